The van der Waals surface area contributed by atoms with Gasteiger partial charge < -0.3 is 4.74 Å². The molecule has 0 saturated carbocycles. The third kappa shape index (κ3) is 2.99. The summed E-state index contributed by atoms with van der Waals surface area (Å²) in [5.41, 5.74) is -0.294. The number of halogens is 3. The minimum absolute atomic E-state index is 0.0607. The van der Waals surface area contributed by atoms with Gasteiger partial charge in [0.1, 0.15) is 29.8 Å². The Morgan fingerprint density at radius 3 is 2.25 bits per heavy atom. The summed E-state index contributed by atoms with van der Waals surface area (Å²) in [6.45, 7) is 0.880. The number of Topliss-reactive ketones (excluding diaryl/α,β-unsaturated/α-hetero) is 1. The average Bonchev–Trinajstić information content (AvgIpc) is 2.37. The number of rotatable bonds is 4. The van der Waals surface area contributed by atoms with Gasteiger partial charge in [-0.1, -0.05) is 6.07 Å². The third-order valence-corrected chi connectivity index (χ3v) is 2.76. The number of hydrogen-bond acceptors (Lipinski definition) is 2. The highest BCUT2D eigenvalue weighted by Gasteiger charge is 2.11. The molecule has 0 saturated heterocycles. The predicted molar refractivity (Wildman–Crippen MR) is 67.1 cm³/mol. The molecule has 0 N–H and O–H groups in total. The van der Waals surface area contributed by atoms with E-state index in [0.29, 0.717) is 0 Å². The molecule has 0 radical (unpaired) electrons. The lowest BCUT2D eigenvalue weighted by Gasteiger charge is -2.09. The maximum atomic E-state index is 13.5. The maximum Gasteiger partial charge on any atom is 0.162 e. The van der Waals surface area contributed by atoms with E-state index < -0.39 is 23.2 Å². The van der Waals surface area contributed by atoms with Crippen LogP contribution in [0.1, 0.15) is 22.8 Å². The molecule has 0 aliphatic heterocycles. The van der Waals surface area contributed by atoms with E-state index in [2.05, 4.69) is 0 Å². The van der Waals surface area contributed by atoms with Crippen LogP contribution >= 0.6 is 0 Å². The van der Waals surface area contributed by atoms with E-state index in [1.54, 1.807) is 0 Å². The van der Waals surface area contributed by atoms with Gasteiger partial charge in [-0.25, -0.2) is 13.2 Å². The molecular formula is C15H11F3O2. The Hall–Kier alpha value is -2.30. The molecule has 0 aliphatic carbocycles. The monoisotopic (exact) mass is 280 g/mol. The largest absolute Gasteiger partial charge is 0.489 e. The normalized spacial score (nSPS) is 10.4. The standard InChI is InChI=1S/C15H11F3O2/c1-9(19)11-6-5-10(7-15(11)18)20-8-12-13(16)3-2-4-14(12)17/h2-7H,8H2,1H3. The van der Waals surface area contributed by atoms with E-state index >= 15 is 0 Å². The number of ketones is 1. The summed E-state index contributed by atoms with van der Waals surface area (Å²) in [6.07, 6.45) is 0. The van der Waals surface area contributed by atoms with E-state index in [9.17, 15) is 18.0 Å². The molecule has 5 heteroatoms. The summed E-state index contributed by atoms with van der Waals surface area (Å²) in [6, 6.07) is 7.12. The van der Waals surface area contributed by atoms with Crippen molar-refractivity contribution in [2.75, 3.05) is 0 Å². The summed E-state index contributed by atoms with van der Waals surface area (Å²) < 4.78 is 45.4. The molecule has 0 spiro atoms. The molecule has 0 aliphatic rings. The zero-order valence-electron chi connectivity index (χ0n) is 10.6. The fourth-order valence-corrected chi connectivity index (χ4v) is 1.70. The Balaban J connectivity index is 2.16. The summed E-state index contributed by atoms with van der Waals surface area (Å²) in [4.78, 5) is 11.1. The highest BCUT2D eigenvalue weighted by molar-refractivity contribution is 5.94. The van der Waals surface area contributed by atoms with Gasteiger partial charge in [-0.15, -0.1) is 0 Å². The second kappa shape index (κ2) is 5.77. The molecule has 2 rings (SSSR count). The van der Waals surface area contributed by atoms with Crippen LogP contribution in [-0.2, 0) is 6.61 Å². The Morgan fingerprint density at radius 1 is 1.05 bits per heavy atom. The number of carbonyl (C=O) groups is 1. The van der Waals surface area contributed by atoms with Crippen molar-refractivity contribution >= 4 is 5.78 Å². The van der Waals surface area contributed by atoms with Crippen LogP contribution in [-0.4, -0.2) is 5.78 Å². The predicted octanol–water partition coefficient (Wildman–Crippen LogP) is 3.89. The first-order valence-corrected chi connectivity index (χ1v) is 5.85. The molecule has 0 aromatic heterocycles. The van der Waals surface area contributed by atoms with Crippen LogP contribution < -0.4 is 4.74 Å². The van der Waals surface area contributed by atoms with Crippen molar-refractivity contribution in [3.05, 3.63) is 65.0 Å². The molecule has 2 aromatic carbocycles. The highest BCUT2D eigenvalue weighted by Crippen LogP contribution is 2.20. The quantitative estimate of drug-likeness (QED) is 0.794. The zero-order valence-corrected chi connectivity index (χ0v) is 10.6. The Morgan fingerprint density at radius 2 is 1.70 bits per heavy atom. The second-order valence-corrected chi connectivity index (χ2v) is 4.19. The molecule has 0 heterocycles. The summed E-state index contributed by atoms with van der Waals surface area (Å²) >= 11 is 0. The van der Waals surface area contributed by atoms with Gasteiger partial charge in [-0.05, 0) is 31.2 Å². The number of benzene rings is 2. The minimum Gasteiger partial charge on any atom is -0.489 e. The average molecular weight is 280 g/mol. The SMILES string of the molecule is CC(=O)c1ccc(OCc2c(F)cccc2F)cc1F. The summed E-state index contributed by atoms with van der Waals surface area (Å²) in [7, 11) is 0. The van der Waals surface area contributed by atoms with E-state index in [-0.39, 0.29) is 23.5 Å². The molecule has 2 nitrogen and oxygen atoms in total. The van der Waals surface area contributed by atoms with Crippen LogP contribution in [0.5, 0.6) is 5.75 Å². The fraction of sp³-hybridized carbons (Fsp3) is 0.133. The van der Waals surface area contributed by atoms with Crippen LogP contribution in [0.3, 0.4) is 0 Å². The zero-order chi connectivity index (χ0) is 14.7. The van der Waals surface area contributed by atoms with E-state index in [0.717, 1.165) is 18.2 Å². The topological polar surface area (TPSA) is 26.3 Å². The number of hydrogen-bond donors (Lipinski definition) is 0. The van der Waals surface area contributed by atoms with E-state index in [4.69, 9.17) is 4.74 Å². The van der Waals surface area contributed by atoms with Crippen molar-refractivity contribution in [3.63, 3.8) is 0 Å². The van der Waals surface area contributed by atoms with Gasteiger partial charge in [0.15, 0.2) is 5.78 Å². The number of carbonyl (C=O) groups excluding carboxylic acids is 1. The molecule has 0 atom stereocenters. The molecular weight excluding hydrogens is 269 g/mol. The van der Waals surface area contributed by atoms with Crippen molar-refractivity contribution < 1.29 is 22.7 Å². The molecule has 20 heavy (non-hydrogen) atoms. The smallest absolute Gasteiger partial charge is 0.162 e. The Bertz CT molecular complexity index is 633. The van der Waals surface area contributed by atoms with Crippen molar-refractivity contribution in [1.29, 1.82) is 0 Å². The van der Waals surface area contributed by atoms with Crippen molar-refractivity contribution in [2.24, 2.45) is 0 Å². The Labute approximate surface area is 113 Å². The maximum absolute atomic E-state index is 13.5. The van der Waals surface area contributed by atoms with Gasteiger partial charge in [-0.2, -0.15) is 0 Å². The van der Waals surface area contributed by atoms with Crippen molar-refractivity contribution in [2.45, 2.75) is 13.5 Å². The fourth-order valence-electron chi connectivity index (χ4n) is 1.70. The van der Waals surface area contributed by atoms with Gasteiger partial charge in [0.2, 0.25) is 0 Å². The second-order valence-electron chi connectivity index (χ2n) is 4.19. The molecule has 0 amide bonds. The molecule has 0 bridgehead atoms. The van der Waals surface area contributed by atoms with Crippen molar-refractivity contribution in [1.82, 2.24) is 0 Å². The third-order valence-electron chi connectivity index (χ3n) is 2.76. The van der Waals surface area contributed by atoms with Gasteiger partial charge in [0, 0.05) is 6.07 Å². The van der Waals surface area contributed by atoms with E-state index in [1.165, 1.54) is 25.1 Å². The first-order valence-electron chi connectivity index (χ1n) is 5.85. The number of ether oxygens (including phenoxy) is 1. The summed E-state index contributed by atoms with van der Waals surface area (Å²) in [5.74, 6) is -2.51. The molecule has 0 fully saturated rings. The molecule has 2 aromatic rings. The highest BCUT2D eigenvalue weighted by atomic mass is 19.1. The van der Waals surface area contributed by atoms with Gasteiger partial charge in [-0.3, -0.25) is 4.79 Å². The molecule has 0 unspecified atom stereocenters. The first-order chi connectivity index (χ1) is 9.49. The van der Waals surface area contributed by atoms with E-state index in [1.807, 2.05) is 0 Å². The van der Waals surface area contributed by atoms with Crippen LogP contribution in [0.2, 0.25) is 0 Å². The first kappa shape index (κ1) is 14.1. The van der Waals surface area contributed by atoms with Gasteiger partial charge in [0.05, 0.1) is 11.1 Å². The van der Waals surface area contributed by atoms with Crippen molar-refractivity contribution in [3.8, 4) is 5.75 Å². The van der Waals surface area contributed by atoms with Crippen LogP contribution in [0.4, 0.5) is 13.2 Å². The van der Waals surface area contributed by atoms with Crippen LogP contribution in [0, 0.1) is 17.5 Å². The van der Waals surface area contributed by atoms with Crippen LogP contribution in [0.15, 0.2) is 36.4 Å². The lowest BCUT2D eigenvalue weighted by Crippen LogP contribution is -2.03. The lowest BCUT2D eigenvalue weighted by molar-refractivity contribution is 0.101. The summed E-state index contributed by atoms with van der Waals surface area (Å²) in [5, 5.41) is 0. The lowest BCUT2D eigenvalue weighted by atomic mass is 10.1. The Kier molecular flexibility index (Phi) is 4.08. The van der Waals surface area contributed by atoms with Gasteiger partial charge in [0.25, 0.3) is 0 Å². The molecule has 104 valence electrons. The van der Waals surface area contributed by atoms with Crippen LogP contribution in [0.25, 0.3) is 0 Å². The van der Waals surface area contributed by atoms with Gasteiger partial charge >= 0.3 is 0 Å². The minimum atomic E-state index is -0.732.